The first-order valence-corrected chi connectivity index (χ1v) is 9.67. The average molecular weight is 390 g/mol. The minimum Gasteiger partial charge on any atom is -0.353 e. The molecule has 0 bridgehead atoms. The molecule has 1 aromatic heterocycles. The van der Waals surface area contributed by atoms with Crippen LogP contribution in [-0.4, -0.2) is 16.6 Å². The molecule has 4 aromatic rings. The maximum atomic E-state index is 12.6. The number of rotatable bonds is 3. The van der Waals surface area contributed by atoms with E-state index in [1.54, 1.807) is 24.3 Å². The van der Waals surface area contributed by atoms with Crippen molar-refractivity contribution in [3.8, 4) is 0 Å². The van der Waals surface area contributed by atoms with Crippen LogP contribution in [0.2, 0.25) is 0 Å². The second-order valence-corrected chi connectivity index (χ2v) is 7.42. The molecule has 30 heavy (non-hydrogen) atoms. The lowest BCUT2D eigenvalue weighted by Crippen LogP contribution is -2.12. The van der Waals surface area contributed by atoms with E-state index in [2.05, 4.69) is 46.3 Å². The predicted octanol–water partition coefficient (Wildman–Crippen LogP) is 5.63. The van der Waals surface area contributed by atoms with Crippen molar-refractivity contribution < 1.29 is 4.79 Å². The molecule has 5 heteroatoms. The Morgan fingerprint density at radius 2 is 1.90 bits per heavy atom. The fourth-order valence-corrected chi connectivity index (χ4v) is 3.75. The van der Waals surface area contributed by atoms with Gasteiger partial charge in [0, 0.05) is 27.7 Å². The number of nitrogens with zero attached hydrogens (tertiary/aromatic N) is 2. The van der Waals surface area contributed by atoms with Gasteiger partial charge >= 0.3 is 0 Å². The minimum atomic E-state index is -0.205. The van der Waals surface area contributed by atoms with Crippen molar-refractivity contribution in [2.45, 2.75) is 13.5 Å². The van der Waals surface area contributed by atoms with Crippen molar-refractivity contribution >= 4 is 33.9 Å². The van der Waals surface area contributed by atoms with Gasteiger partial charge in [-0.3, -0.25) is 9.79 Å². The Bertz CT molecular complexity index is 1370. The summed E-state index contributed by atoms with van der Waals surface area (Å²) >= 11 is 0. The van der Waals surface area contributed by atoms with Gasteiger partial charge in [-0.1, -0.05) is 42.5 Å². The Hall–Kier alpha value is -4.17. The summed E-state index contributed by atoms with van der Waals surface area (Å²) < 4.78 is 0. The van der Waals surface area contributed by atoms with Gasteiger partial charge in [0.1, 0.15) is 0 Å². The van der Waals surface area contributed by atoms with Gasteiger partial charge in [0.2, 0.25) is 0 Å². The zero-order valence-electron chi connectivity index (χ0n) is 16.4. The highest BCUT2D eigenvalue weighted by Gasteiger charge is 2.20. The van der Waals surface area contributed by atoms with E-state index >= 15 is 0 Å². The number of anilines is 1. The van der Waals surface area contributed by atoms with E-state index in [-0.39, 0.29) is 5.91 Å². The molecule has 5 nitrogen and oxygen atoms in total. The molecule has 1 aliphatic heterocycles. The largest absolute Gasteiger partial charge is 0.353 e. The molecule has 0 aliphatic carbocycles. The van der Waals surface area contributed by atoms with Crippen LogP contribution in [0, 0.1) is 13.5 Å². The lowest BCUT2D eigenvalue weighted by Gasteiger charge is -2.09. The number of aromatic amines is 1. The third-order valence-electron chi connectivity index (χ3n) is 5.32. The summed E-state index contributed by atoms with van der Waals surface area (Å²) in [5.41, 5.74) is 8.10. The van der Waals surface area contributed by atoms with E-state index in [1.165, 1.54) is 5.56 Å². The van der Waals surface area contributed by atoms with Crippen LogP contribution < -0.4 is 5.32 Å². The van der Waals surface area contributed by atoms with Gasteiger partial charge < -0.3 is 10.3 Å². The molecule has 1 amide bonds. The highest BCUT2D eigenvalue weighted by Crippen LogP contribution is 2.28. The van der Waals surface area contributed by atoms with Gasteiger partial charge in [-0.2, -0.15) is 0 Å². The molecule has 0 spiro atoms. The number of aliphatic imine (C=N–C) groups is 1. The van der Waals surface area contributed by atoms with Crippen molar-refractivity contribution in [2.24, 2.45) is 4.99 Å². The number of hydrogen-bond acceptors (Lipinski definition) is 2. The Balaban J connectivity index is 1.43. The number of hydrogen-bond donors (Lipinski definition) is 2. The zero-order chi connectivity index (χ0) is 20.7. The summed E-state index contributed by atoms with van der Waals surface area (Å²) in [5, 5.41) is 4.10. The first kappa shape index (κ1) is 17.9. The lowest BCUT2D eigenvalue weighted by molar-refractivity contribution is 0.102. The summed E-state index contributed by atoms with van der Waals surface area (Å²) in [7, 11) is 0. The van der Waals surface area contributed by atoms with Gasteiger partial charge in [0.25, 0.3) is 5.91 Å². The molecule has 1 aliphatic rings. The zero-order valence-corrected chi connectivity index (χ0v) is 16.4. The molecule has 144 valence electrons. The Morgan fingerprint density at radius 3 is 2.70 bits per heavy atom. The second kappa shape index (κ2) is 7.02. The van der Waals surface area contributed by atoms with Crippen LogP contribution in [0.25, 0.3) is 15.7 Å². The summed E-state index contributed by atoms with van der Waals surface area (Å²) in [4.78, 5) is 24.2. The number of fused-ring (bicyclic) bond motifs is 2. The van der Waals surface area contributed by atoms with Gasteiger partial charge in [-0.15, -0.1) is 0 Å². The predicted molar refractivity (Wildman–Crippen MR) is 119 cm³/mol. The monoisotopic (exact) mass is 390 g/mol. The summed E-state index contributed by atoms with van der Waals surface area (Å²) in [6, 6.07) is 21.0. The van der Waals surface area contributed by atoms with Crippen molar-refractivity contribution in [2.75, 3.05) is 5.32 Å². The van der Waals surface area contributed by atoms with Crippen LogP contribution in [0.5, 0.6) is 0 Å². The maximum absolute atomic E-state index is 12.6. The summed E-state index contributed by atoms with van der Waals surface area (Å²) in [6.45, 7) is 9.72. The molecule has 0 fully saturated rings. The number of carbonyl (C=O) groups is 1. The third kappa shape index (κ3) is 3.15. The van der Waals surface area contributed by atoms with Crippen LogP contribution >= 0.6 is 0 Å². The van der Waals surface area contributed by atoms with E-state index in [0.29, 0.717) is 17.8 Å². The molecule has 0 atom stereocenters. The van der Waals surface area contributed by atoms with Crippen molar-refractivity contribution in [1.29, 1.82) is 0 Å². The van der Waals surface area contributed by atoms with E-state index in [9.17, 15) is 4.79 Å². The highest BCUT2D eigenvalue weighted by molar-refractivity contribution is 6.16. The van der Waals surface area contributed by atoms with E-state index in [1.807, 2.05) is 18.2 Å². The van der Waals surface area contributed by atoms with Gasteiger partial charge in [-0.05, 0) is 42.3 Å². The topological polar surface area (TPSA) is 61.6 Å². The Morgan fingerprint density at radius 1 is 1.07 bits per heavy atom. The number of amides is 1. The number of nitrogens with one attached hydrogen (secondary N) is 2. The Kier molecular flexibility index (Phi) is 4.19. The standard InChI is InChI=1S/C25H18N4O/c1-15-3-4-17-12-23(29-22(17)11-15)24-21-13-20(10-7-18(21)14-27-24)28-25(30)16-5-8-19(26-2)9-6-16/h3-13,29H,14H2,1H3,(H,28,30). The van der Waals surface area contributed by atoms with Crippen molar-refractivity contribution in [3.05, 3.63) is 106 Å². The number of H-pyrrole nitrogens is 1. The molecule has 5 rings (SSSR count). The second-order valence-electron chi connectivity index (χ2n) is 7.42. The smallest absolute Gasteiger partial charge is 0.255 e. The van der Waals surface area contributed by atoms with E-state index in [0.717, 1.165) is 39.1 Å². The Labute approximate surface area is 173 Å². The molecule has 2 N–H and O–H groups in total. The van der Waals surface area contributed by atoms with Crippen LogP contribution in [-0.2, 0) is 6.54 Å². The van der Waals surface area contributed by atoms with Gasteiger partial charge in [0.05, 0.1) is 24.5 Å². The number of benzene rings is 3. The van der Waals surface area contributed by atoms with Gasteiger partial charge in [-0.25, -0.2) is 4.85 Å². The van der Waals surface area contributed by atoms with E-state index in [4.69, 9.17) is 11.6 Å². The number of carbonyl (C=O) groups excluding carboxylic acids is 1. The molecule has 0 saturated carbocycles. The maximum Gasteiger partial charge on any atom is 0.255 e. The third-order valence-corrected chi connectivity index (χ3v) is 5.32. The fraction of sp³-hybridized carbons (Fsp3) is 0.0800. The number of aromatic nitrogens is 1. The van der Waals surface area contributed by atoms with Crippen molar-refractivity contribution in [3.63, 3.8) is 0 Å². The number of aryl methyl sites for hydroxylation is 1. The highest BCUT2D eigenvalue weighted by atomic mass is 16.1. The lowest BCUT2D eigenvalue weighted by atomic mass is 10.0. The molecule has 2 heterocycles. The first-order valence-electron chi connectivity index (χ1n) is 9.67. The van der Waals surface area contributed by atoms with Crippen LogP contribution in [0.1, 0.15) is 32.7 Å². The molecule has 3 aromatic carbocycles. The molecular formula is C25H18N4O. The summed E-state index contributed by atoms with van der Waals surface area (Å²) in [6.07, 6.45) is 0. The first-order chi connectivity index (χ1) is 14.6. The van der Waals surface area contributed by atoms with Crippen molar-refractivity contribution in [1.82, 2.24) is 4.98 Å². The molecule has 0 unspecified atom stereocenters. The van der Waals surface area contributed by atoms with Gasteiger partial charge in [0.15, 0.2) is 5.69 Å². The molecule has 0 radical (unpaired) electrons. The molecule has 0 saturated heterocycles. The SMILES string of the molecule is [C-]#[N+]c1ccc(C(=O)Nc2ccc3c(c2)C(c2cc4ccc(C)cc4[nH]2)=NC3)cc1. The van der Waals surface area contributed by atoms with Crippen LogP contribution in [0.3, 0.4) is 0 Å². The quantitative estimate of drug-likeness (QED) is 0.438. The minimum absolute atomic E-state index is 0.205. The van der Waals surface area contributed by atoms with E-state index < -0.39 is 0 Å². The normalized spacial score (nSPS) is 12.3. The molecular weight excluding hydrogens is 372 g/mol. The summed E-state index contributed by atoms with van der Waals surface area (Å²) in [5.74, 6) is -0.205. The van der Waals surface area contributed by atoms with Crippen LogP contribution in [0.4, 0.5) is 11.4 Å². The fourth-order valence-electron chi connectivity index (χ4n) is 3.75. The average Bonchev–Trinajstić information content (AvgIpc) is 3.36. The van der Waals surface area contributed by atoms with Crippen LogP contribution in [0.15, 0.2) is 71.7 Å².